The van der Waals surface area contributed by atoms with Gasteiger partial charge in [0, 0.05) is 10.5 Å². The fourth-order valence-corrected chi connectivity index (χ4v) is 1.96. The van der Waals surface area contributed by atoms with E-state index in [1.54, 1.807) is 6.08 Å². The number of carboxylic acids is 1. The molecule has 0 saturated heterocycles. The molecule has 0 radical (unpaired) electrons. The van der Waals surface area contributed by atoms with Crippen molar-refractivity contribution in [1.82, 2.24) is 5.32 Å². The third-order valence-electron chi connectivity index (χ3n) is 2.51. The van der Waals surface area contributed by atoms with Crippen LogP contribution in [0.2, 0.25) is 0 Å². The molecule has 0 bridgehead atoms. The second-order valence-electron chi connectivity index (χ2n) is 4.04. The highest BCUT2D eigenvalue weighted by molar-refractivity contribution is 9.10. The van der Waals surface area contributed by atoms with Gasteiger partial charge in [-0.25, -0.2) is 4.79 Å². The minimum absolute atomic E-state index is 0.406. The number of aliphatic carboxylic acids is 1. The summed E-state index contributed by atoms with van der Waals surface area (Å²) in [5, 5.41) is 11.4. The zero-order valence-corrected chi connectivity index (χ0v) is 12.2. The maximum atomic E-state index is 11.6. The van der Waals surface area contributed by atoms with Crippen LogP contribution in [0, 0.1) is 0 Å². The van der Waals surface area contributed by atoms with Crippen molar-refractivity contribution in [3.8, 4) is 0 Å². The van der Waals surface area contributed by atoms with Crippen LogP contribution in [0.25, 0.3) is 6.08 Å². The topological polar surface area (TPSA) is 66.4 Å². The molecule has 1 unspecified atom stereocenters. The van der Waals surface area contributed by atoms with Gasteiger partial charge in [0.2, 0.25) is 5.91 Å². The van der Waals surface area contributed by atoms with Crippen LogP contribution in [0.5, 0.6) is 0 Å². The van der Waals surface area contributed by atoms with Gasteiger partial charge in [-0.05, 0) is 24.1 Å². The summed E-state index contributed by atoms with van der Waals surface area (Å²) in [6.07, 6.45) is 4.10. The van der Waals surface area contributed by atoms with Gasteiger partial charge in [0.15, 0.2) is 0 Å². The zero-order chi connectivity index (χ0) is 14.3. The molecule has 5 heteroatoms. The summed E-state index contributed by atoms with van der Waals surface area (Å²) in [6.45, 7) is 1.87. The quantitative estimate of drug-likeness (QED) is 0.790. The van der Waals surface area contributed by atoms with E-state index < -0.39 is 17.9 Å². The molecule has 0 aliphatic carbocycles. The molecule has 19 heavy (non-hydrogen) atoms. The van der Waals surface area contributed by atoms with Gasteiger partial charge in [-0.1, -0.05) is 47.5 Å². The molecule has 1 amide bonds. The van der Waals surface area contributed by atoms with E-state index in [0.29, 0.717) is 12.8 Å². The second kappa shape index (κ2) is 7.74. The van der Waals surface area contributed by atoms with Crippen LogP contribution < -0.4 is 5.32 Å². The Hall–Kier alpha value is -1.62. The molecule has 4 nitrogen and oxygen atoms in total. The van der Waals surface area contributed by atoms with Crippen LogP contribution in [-0.2, 0) is 9.59 Å². The summed E-state index contributed by atoms with van der Waals surface area (Å²) < 4.78 is 0.877. The number of hydrogen-bond acceptors (Lipinski definition) is 2. The SMILES string of the molecule is CCCC(NC(=O)/C=C/c1ccccc1Br)C(=O)O. The lowest BCUT2D eigenvalue weighted by Crippen LogP contribution is -2.39. The Morgan fingerprint density at radius 3 is 2.68 bits per heavy atom. The lowest BCUT2D eigenvalue weighted by atomic mass is 10.1. The lowest BCUT2D eigenvalue weighted by Gasteiger charge is -2.11. The van der Waals surface area contributed by atoms with Crippen molar-refractivity contribution in [2.24, 2.45) is 0 Å². The van der Waals surface area contributed by atoms with Crippen LogP contribution in [-0.4, -0.2) is 23.0 Å². The largest absolute Gasteiger partial charge is 0.480 e. The summed E-state index contributed by atoms with van der Waals surface area (Å²) in [6, 6.07) is 6.63. The van der Waals surface area contributed by atoms with Gasteiger partial charge in [0.1, 0.15) is 6.04 Å². The summed E-state index contributed by atoms with van der Waals surface area (Å²) in [5.41, 5.74) is 0.861. The van der Waals surface area contributed by atoms with E-state index in [-0.39, 0.29) is 0 Å². The minimum atomic E-state index is -1.01. The summed E-state index contributed by atoms with van der Waals surface area (Å²) in [4.78, 5) is 22.5. The van der Waals surface area contributed by atoms with Crippen LogP contribution >= 0.6 is 15.9 Å². The monoisotopic (exact) mass is 325 g/mol. The van der Waals surface area contributed by atoms with E-state index in [9.17, 15) is 9.59 Å². The molecule has 0 aliphatic rings. The molecule has 0 aliphatic heterocycles. The number of benzene rings is 1. The molecule has 1 rings (SSSR count). The number of amides is 1. The number of nitrogens with one attached hydrogen (secondary N) is 1. The molecule has 0 spiro atoms. The molecule has 1 aromatic rings. The summed E-state index contributed by atoms with van der Waals surface area (Å²) in [5.74, 6) is -1.42. The fraction of sp³-hybridized carbons (Fsp3) is 0.286. The number of carbonyl (C=O) groups excluding carboxylic acids is 1. The predicted octanol–water partition coefficient (Wildman–Crippen LogP) is 2.83. The maximum absolute atomic E-state index is 11.6. The van der Waals surface area contributed by atoms with Gasteiger partial charge in [-0.15, -0.1) is 0 Å². The normalized spacial score (nSPS) is 12.3. The first-order chi connectivity index (χ1) is 9.04. The molecule has 0 heterocycles. The van der Waals surface area contributed by atoms with Gasteiger partial charge >= 0.3 is 5.97 Å². The molecule has 102 valence electrons. The third kappa shape index (κ3) is 5.26. The van der Waals surface area contributed by atoms with E-state index in [4.69, 9.17) is 5.11 Å². The molecular formula is C14H16BrNO3. The number of halogens is 1. The van der Waals surface area contributed by atoms with Crippen molar-refractivity contribution in [2.45, 2.75) is 25.8 Å². The van der Waals surface area contributed by atoms with Gasteiger partial charge in [0.25, 0.3) is 0 Å². The Labute approximate surface area is 120 Å². The van der Waals surface area contributed by atoms with E-state index in [2.05, 4.69) is 21.2 Å². The van der Waals surface area contributed by atoms with E-state index in [1.165, 1.54) is 6.08 Å². The molecule has 2 N–H and O–H groups in total. The maximum Gasteiger partial charge on any atom is 0.326 e. The summed E-state index contributed by atoms with van der Waals surface area (Å²) >= 11 is 3.37. The van der Waals surface area contributed by atoms with Crippen molar-refractivity contribution in [3.63, 3.8) is 0 Å². The number of rotatable bonds is 6. The van der Waals surface area contributed by atoms with Gasteiger partial charge < -0.3 is 10.4 Å². The van der Waals surface area contributed by atoms with Crippen molar-refractivity contribution < 1.29 is 14.7 Å². The highest BCUT2D eigenvalue weighted by atomic mass is 79.9. The van der Waals surface area contributed by atoms with Gasteiger partial charge in [-0.3, -0.25) is 4.79 Å². The Kier molecular flexibility index (Phi) is 6.29. The highest BCUT2D eigenvalue weighted by Crippen LogP contribution is 2.16. The smallest absolute Gasteiger partial charge is 0.326 e. The van der Waals surface area contributed by atoms with E-state index >= 15 is 0 Å². The number of carbonyl (C=O) groups is 2. The van der Waals surface area contributed by atoms with E-state index in [1.807, 2.05) is 31.2 Å². The van der Waals surface area contributed by atoms with Gasteiger partial charge in [0.05, 0.1) is 0 Å². The second-order valence-corrected chi connectivity index (χ2v) is 4.90. The average molecular weight is 326 g/mol. The summed E-state index contributed by atoms with van der Waals surface area (Å²) in [7, 11) is 0. The molecule has 0 aromatic heterocycles. The Bertz CT molecular complexity index is 485. The van der Waals surface area contributed by atoms with Crippen LogP contribution in [0.1, 0.15) is 25.3 Å². The van der Waals surface area contributed by atoms with E-state index in [0.717, 1.165) is 10.0 Å². The van der Waals surface area contributed by atoms with Gasteiger partial charge in [-0.2, -0.15) is 0 Å². The zero-order valence-electron chi connectivity index (χ0n) is 10.6. The van der Waals surface area contributed by atoms with Crippen LogP contribution in [0.15, 0.2) is 34.8 Å². The molecule has 0 fully saturated rings. The number of hydrogen-bond donors (Lipinski definition) is 2. The molecule has 0 saturated carbocycles. The Balaban J connectivity index is 2.64. The van der Waals surface area contributed by atoms with Crippen molar-refractivity contribution in [2.75, 3.05) is 0 Å². The first-order valence-electron chi connectivity index (χ1n) is 6.00. The van der Waals surface area contributed by atoms with Crippen LogP contribution in [0.4, 0.5) is 0 Å². The molecular weight excluding hydrogens is 310 g/mol. The standard InChI is InChI=1S/C14H16BrNO3/c1-2-5-12(14(18)19)16-13(17)9-8-10-6-3-4-7-11(10)15/h3-4,6-9,12H,2,5H2,1H3,(H,16,17)(H,18,19)/b9-8+. The minimum Gasteiger partial charge on any atom is -0.480 e. The van der Waals surface area contributed by atoms with Crippen LogP contribution in [0.3, 0.4) is 0 Å². The first kappa shape index (κ1) is 15.4. The van der Waals surface area contributed by atoms with Crippen molar-refractivity contribution in [1.29, 1.82) is 0 Å². The Morgan fingerprint density at radius 2 is 2.11 bits per heavy atom. The number of carboxylic acid groups (broad SMARTS) is 1. The van der Waals surface area contributed by atoms with Crippen molar-refractivity contribution in [3.05, 3.63) is 40.4 Å². The molecule has 1 atom stereocenters. The predicted molar refractivity (Wildman–Crippen MR) is 77.7 cm³/mol. The fourth-order valence-electron chi connectivity index (χ4n) is 1.54. The average Bonchev–Trinajstić information content (AvgIpc) is 2.37. The third-order valence-corrected chi connectivity index (χ3v) is 3.23. The molecule has 1 aromatic carbocycles. The first-order valence-corrected chi connectivity index (χ1v) is 6.79. The highest BCUT2D eigenvalue weighted by Gasteiger charge is 2.17. The van der Waals surface area contributed by atoms with Crippen molar-refractivity contribution >= 4 is 33.9 Å². The Morgan fingerprint density at radius 1 is 1.42 bits per heavy atom. The lowest BCUT2D eigenvalue weighted by molar-refractivity contribution is -0.141.